The summed E-state index contributed by atoms with van der Waals surface area (Å²) >= 11 is 5.75. The summed E-state index contributed by atoms with van der Waals surface area (Å²) in [6, 6.07) is 8.18. The number of amides is 1. The van der Waals surface area contributed by atoms with Crippen molar-refractivity contribution in [1.29, 1.82) is 0 Å². The highest BCUT2D eigenvalue weighted by molar-refractivity contribution is 6.30. The van der Waals surface area contributed by atoms with Crippen molar-refractivity contribution < 1.29 is 23.1 Å². The minimum Gasteiger partial charge on any atom is -0.507 e. The average molecular weight is 343 g/mol. The fourth-order valence-electron chi connectivity index (χ4n) is 1.69. The van der Waals surface area contributed by atoms with E-state index in [1.807, 2.05) is 0 Å². The van der Waals surface area contributed by atoms with Gasteiger partial charge in [0.15, 0.2) is 0 Å². The largest absolute Gasteiger partial charge is 0.507 e. The van der Waals surface area contributed by atoms with E-state index in [2.05, 4.69) is 10.5 Å². The van der Waals surface area contributed by atoms with E-state index in [4.69, 9.17) is 11.6 Å². The molecule has 0 aliphatic rings. The Bertz CT molecular complexity index is 761. The van der Waals surface area contributed by atoms with Crippen LogP contribution in [-0.4, -0.2) is 17.2 Å². The molecule has 0 radical (unpaired) electrons. The number of nitrogens with zero attached hydrogens (tertiary/aromatic N) is 1. The van der Waals surface area contributed by atoms with Crippen LogP contribution < -0.4 is 5.43 Å². The number of hydrazone groups is 1. The third-order valence-electron chi connectivity index (χ3n) is 2.81. The van der Waals surface area contributed by atoms with Crippen molar-refractivity contribution in [3.8, 4) is 5.75 Å². The minimum atomic E-state index is -4.54. The molecule has 0 saturated carbocycles. The Balaban J connectivity index is 2.11. The number of aromatic hydroxyl groups is 1. The van der Waals surface area contributed by atoms with Crippen molar-refractivity contribution in [2.75, 3.05) is 0 Å². The number of hydrogen-bond donors (Lipinski definition) is 2. The number of benzene rings is 2. The van der Waals surface area contributed by atoms with E-state index in [0.29, 0.717) is 5.02 Å². The Morgan fingerprint density at radius 3 is 2.65 bits per heavy atom. The first-order valence-corrected chi connectivity index (χ1v) is 6.64. The molecule has 0 spiro atoms. The van der Waals surface area contributed by atoms with Crippen LogP contribution in [-0.2, 0) is 6.18 Å². The number of nitrogens with one attached hydrogen (secondary N) is 1. The molecule has 23 heavy (non-hydrogen) atoms. The van der Waals surface area contributed by atoms with Crippen molar-refractivity contribution in [2.24, 2.45) is 5.10 Å². The first kappa shape index (κ1) is 16.8. The Labute approximate surface area is 134 Å². The number of halogens is 4. The lowest BCUT2D eigenvalue weighted by Crippen LogP contribution is -2.18. The second-order valence-electron chi connectivity index (χ2n) is 4.48. The van der Waals surface area contributed by atoms with E-state index in [1.165, 1.54) is 24.3 Å². The Kier molecular flexibility index (Phi) is 4.90. The summed E-state index contributed by atoms with van der Waals surface area (Å²) in [5.41, 5.74) is 1.22. The van der Waals surface area contributed by atoms with Gasteiger partial charge in [0.05, 0.1) is 11.8 Å². The molecule has 8 heteroatoms. The third kappa shape index (κ3) is 4.46. The highest BCUT2D eigenvalue weighted by atomic mass is 35.5. The summed E-state index contributed by atoms with van der Waals surface area (Å²) in [5.74, 6) is -0.916. The monoisotopic (exact) mass is 342 g/mol. The average Bonchev–Trinajstić information content (AvgIpc) is 2.50. The first-order valence-electron chi connectivity index (χ1n) is 6.26. The SMILES string of the molecule is O=C(N/N=C\c1cc(Cl)ccc1O)c1cccc(C(F)(F)F)c1. The molecule has 0 aliphatic heterocycles. The van der Waals surface area contributed by atoms with Crippen LogP contribution in [0.15, 0.2) is 47.6 Å². The molecule has 1 amide bonds. The van der Waals surface area contributed by atoms with Gasteiger partial charge in [0.25, 0.3) is 5.91 Å². The van der Waals surface area contributed by atoms with Crippen molar-refractivity contribution in [3.63, 3.8) is 0 Å². The zero-order valence-corrected chi connectivity index (χ0v) is 12.2. The van der Waals surface area contributed by atoms with Gasteiger partial charge in [0.1, 0.15) is 5.75 Å². The molecular weight excluding hydrogens is 333 g/mol. The van der Waals surface area contributed by atoms with E-state index < -0.39 is 17.6 Å². The Hall–Kier alpha value is -2.54. The van der Waals surface area contributed by atoms with E-state index in [-0.39, 0.29) is 16.9 Å². The van der Waals surface area contributed by atoms with Crippen LogP contribution in [0.2, 0.25) is 5.02 Å². The van der Waals surface area contributed by atoms with Crippen LogP contribution in [0.3, 0.4) is 0 Å². The predicted molar refractivity (Wildman–Crippen MR) is 79.6 cm³/mol. The zero-order valence-electron chi connectivity index (χ0n) is 11.4. The molecule has 0 aromatic heterocycles. The van der Waals surface area contributed by atoms with E-state index in [1.54, 1.807) is 0 Å². The molecule has 0 aliphatic carbocycles. The van der Waals surface area contributed by atoms with Crippen molar-refractivity contribution in [1.82, 2.24) is 5.43 Å². The quantitative estimate of drug-likeness (QED) is 0.658. The van der Waals surface area contributed by atoms with Crippen LogP contribution in [0.1, 0.15) is 21.5 Å². The topological polar surface area (TPSA) is 61.7 Å². The lowest BCUT2D eigenvalue weighted by Gasteiger charge is -2.07. The van der Waals surface area contributed by atoms with Gasteiger partial charge in [-0.05, 0) is 36.4 Å². The molecule has 120 valence electrons. The molecular formula is C15H10ClF3N2O2. The van der Waals surface area contributed by atoms with E-state index in [0.717, 1.165) is 24.4 Å². The second-order valence-corrected chi connectivity index (χ2v) is 4.92. The van der Waals surface area contributed by atoms with Crippen molar-refractivity contribution >= 4 is 23.7 Å². The van der Waals surface area contributed by atoms with Gasteiger partial charge in [0.2, 0.25) is 0 Å². The van der Waals surface area contributed by atoms with Crippen LogP contribution in [0.4, 0.5) is 13.2 Å². The maximum atomic E-state index is 12.6. The highest BCUT2D eigenvalue weighted by Gasteiger charge is 2.30. The number of hydrogen-bond acceptors (Lipinski definition) is 3. The summed E-state index contributed by atoms with van der Waals surface area (Å²) in [7, 11) is 0. The summed E-state index contributed by atoms with van der Waals surface area (Å²) in [6.07, 6.45) is -3.40. The molecule has 0 fully saturated rings. The summed E-state index contributed by atoms with van der Waals surface area (Å²) in [4.78, 5) is 11.8. The van der Waals surface area contributed by atoms with Gasteiger partial charge >= 0.3 is 6.18 Å². The minimum absolute atomic E-state index is 0.105. The standard InChI is InChI=1S/C15H10ClF3N2O2/c16-12-4-5-13(22)10(7-12)8-20-21-14(23)9-2-1-3-11(6-9)15(17,18)19/h1-8,22H,(H,21,23)/b20-8-. The fraction of sp³-hybridized carbons (Fsp3) is 0.0667. The Morgan fingerprint density at radius 2 is 1.96 bits per heavy atom. The lowest BCUT2D eigenvalue weighted by molar-refractivity contribution is -0.137. The molecule has 2 rings (SSSR count). The van der Waals surface area contributed by atoms with E-state index >= 15 is 0 Å². The van der Waals surface area contributed by atoms with Gasteiger partial charge in [0, 0.05) is 16.1 Å². The highest BCUT2D eigenvalue weighted by Crippen LogP contribution is 2.29. The first-order chi connectivity index (χ1) is 10.8. The van der Waals surface area contributed by atoms with Gasteiger partial charge < -0.3 is 5.11 Å². The number of phenols is 1. The Morgan fingerprint density at radius 1 is 1.22 bits per heavy atom. The number of rotatable bonds is 3. The number of carbonyl (C=O) groups excluding carboxylic acids is 1. The number of carbonyl (C=O) groups is 1. The van der Waals surface area contributed by atoms with Crippen molar-refractivity contribution in [2.45, 2.75) is 6.18 Å². The van der Waals surface area contributed by atoms with Crippen molar-refractivity contribution in [3.05, 3.63) is 64.2 Å². The van der Waals surface area contributed by atoms with Crippen LogP contribution in [0, 0.1) is 0 Å². The van der Waals surface area contributed by atoms with Crippen LogP contribution in [0.5, 0.6) is 5.75 Å². The molecule has 0 unspecified atom stereocenters. The molecule has 0 heterocycles. The van der Waals surface area contributed by atoms with Gasteiger partial charge in [-0.1, -0.05) is 17.7 Å². The van der Waals surface area contributed by atoms with Gasteiger partial charge in [-0.3, -0.25) is 4.79 Å². The van der Waals surface area contributed by atoms with Crippen LogP contribution >= 0.6 is 11.6 Å². The molecule has 4 nitrogen and oxygen atoms in total. The van der Waals surface area contributed by atoms with Gasteiger partial charge in [-0.25, -0.2) is 5.43 Å². The summed E-state index contributed by atoms with van der Waals surface area (Å²) < 4.78 is 37.8. The molecule has 2 N–H and O–H groups in total. The summed E-state index contributed by atoms with van der Waals surface area (Å²) in [5, 5.41) is 13.5. The molecule has 0 saturated heterocycles. The maximum absolute atomic E-state index is 12.6. The fourth-order valence-corrected chi connectivity index (χ4v) is 1.87. The number of phenolic OH excluding ortho intramolecular Hbond substituents is 1. The van der Waals surface area contributed by atoms with Gasteiger partial charge in [-0.15, -0.1) is 0 Å². The molecule has 2 aromatic carbocycles. The second kappa shape index (κ2) is 6.70. The maximum Gasteiger partial charge on any atom is 0.416 e. The smallest absolute Gasteiger partial charge is 0.416 e. The van der Waals surface area contributed by atoms with E-state index in [9.17, 15) is 23.1 Å². The third-order valence-corrected chi connectivity index (χ3v) is 3.05. The number of alkyl halides is 3. The molecule has 0 bridgehead atoms. The molecule has 0 atom stereocenters. The molecule has 2 aromatic rings. The van der Waals surface area contributed by atoms with Gasteiger partial charge in [-0.2, -0.15) is 18.3 Å². The van der Waals surface area contributed by atoms with Crippen LogP contribution in [0.25, 0.3) is 0 Å². The normalized spacial score (nSPS) is 11.7. The summed E-state index contributed by atoms with van der Waals surface area (Å²) in [6.45, 7) is 0. The lowest BCUT2D eigenvalue weighted by atomic mass is 10.1. The predicted octanol–water partition coefficient (Wildman–Crippen LogP) is 3.83. The zero-order chi connectivity index (χ0) is 17.0.